The Bertz CT molecular complexity index is 549. The number of H-pyrrole nitrogens is 1. The van der Waals surface area contributed by atoms with E-state index in [0.717, 1.165) is 28.8 Å². The minimum atomic E-state index is 0.291. The molecule has 0 spiro atoms. The number of hydrogen-bond acceptors (Lipinski definition) is 1. The summed E-state index contributed by atoms with van der Waals surface area (Å²) in [7, 11) is 0. The first-order valence-electron chi connectivity index (χ1n) is 6.94. The zero-order valence-corrected chi connectivity index (χ0v) is 10.6. The average molecular weight is 241 g/mol. The second-order valence-electron chi connectivity index (χ2n) is 5.36. The number of nitrogens with one attached hydrogen (secondary N) is 1. The Morgan fingerprint density at radius 3 is 2.83 bits per heavy atom. The van der Waals surface area contributed by atoms with Crippen LogP contribution in [0.5, 0.6) is 0 Å². The van der Waals surface area contributed by atoms with Crippen LogP contribution >= 0.6 is 0 Å². The van der Waals surface area contributed by atoms with Crippen LogP contribution in [0, 0.1) is 5.92 Å². The van der Waals surface area contributed by atoms with Crippen molar-refractivity contribution in [3.05, 3.63) is 36.0 Å². The summed E-state index contributed by atoms with van der Waals surface area (Å²) in [5.41, 5.74) is 1.92. The number of carbonyl (C=O) groups is 1. The first kappa shape index (κ1) is 11.5. The standard InChI is InChI=1S/C16H19NO/c18-16(10-9-12-5-1-2-6-12)14-11-17-15-8-4-3-7-13(14)15/h3-4,7-8,11-12,17H,1-2,5-6,9-10H2. The van der Waals surface area contributed by atoms with Gasteiger partial charge in [-0.1, -0.05) is 43.9 Å². The summed E-state index contributed by atoms with van der Waals surface area (Å²) in [6.07, 6.45) is 8.98. The van der Waals surface area contributed by atoms with E-state index >= 15 is 0 Å². The van der Waals surface area contributed by atoms with E-state index in [1.54, 1.807) is 0 Å². The van der Waals surface area contributed by atoms with Crippen molar-refractivity contribution in [1.82, 2.24) is 4.98 Å². The van der Waals surface area contributed by atoms with Crippen LogP contribution < -0.4 is 0 Å². The third-order valence-corrected chi connectivity index (χ3v) is 4.14. The molecule has 1 aromatic heterocycles. The minimum absolute atomic E-state index is 0.291. The predicted molar refractivity (Wildman–Crippen MR) is 73.8 cm³/mol. The van der Waals surface area contributed by atoms with Crippen molar-refractivity contribution in [3.63, 3.8) is 0 Å². The lowest BCUT2D eigenvalue weighted by molar-refractivity contribution is 0.0975. The first-order valence-corrected chi connectivity index (χ1v) is 6.94. The fourth-order valence-electron chi connectivity index (χ4n) is 3.07. The lowest BCUT2D eigenvalue weighted by atomic mass is 9.97. The van der Waals surface area contributed by atoms with E-state index in [4.69, 9.17) is 0 Å². The quantitative estimate of drug-likeness (QED) is 0.794. The molecular weight excluding hydrogens is 222 g/mol. The molecule has 18 heavy (non-hydrogen) atoms. The molecule has 0 unspecified atom stereocenters. The van der Waals surface area contributed by atoms with Crippen molar-refractivity contribution in [3.8, 4) is 0 Å². The molecule has 0 saturated heterocycles. The van der Waals surface area contributed by atoms with Gasteiger partial charge < -0.3 is 4.98 Å². The molecule has 0 radical (unpaired) electrons. The second kappa shape index (κ2) is 4.97. The number of rotatable bonds is 4. The van der Waals surface area contributed by atoms with Gasteiger partial charge in [0.2, 0.25) is 0 Å². The average Bonchev–Trinajstić information content (AvgIpc) is 3.05. The van der Waals surface area contributed by atoms with E-state index in [-0.39, 0.29) is 0 Å². The molecule has 0 aliphatic heterocycles. The molecule has 0 bridgehead atoms. The maximum Gasteiger partial charge on any atom is 0.165 e. The van der Waals surface area contributed by atoms with Crippen LogP contribution in [0.2, 0.25) is 0 Å². The van der Waals surface area contributed by atoms with E-state index in [2.05, 4.69) is 4.98 Å². The summed E-state index contributed by atoms with van der Waals surface area (Å²) in [4.78, 5) is 15.4. The molecule has 0 atom stereocenters. The predicted octanol–water partition coefficient (Wildman–Crippen LogP) is 4.32. The van der Waals surface area contributed by atoms with Gasteiger partial charge in [-0.15, -0.1) is 0 Å². The maximum absolute atomic E-state index is 12.3. The molecule has 1 fully saturated rings. The smallest absolute Gasteiger partial charge is 0.165 e. The van der Waals surface area contributed by atoms with Gasteiger partial charge in [0.25, 0.3) is 0 Å². The summed E-state index contributed by atoms with van der Waals surface area (Å²) in [5.74, 6) is 1.08. The summed E-state index contributed by atoms with van der Waals surface area (Å²) >= 11 is 0. The summed E-state index contributed by atoms with van der Waals surface area (Å²) in [6, 6.07) is 8.02. The Morgan fingerprint density at radius 1 is 1.22 bits per heavy atom. The van der Waals surface area contributed by atoms with Crippen LogP contribution in [0.4, 0.5) is 0 Å². The zero-order chi connectivity index (χ0) is 12.4. The Balaban J connectivity index is 1.71. The fourth-order valence-corrected chi connectivity index (χ4v) is 3.07. The van der Waals surface area contributed by atoms with Crippen LogP contribution in [0.3, 0.4) is 0 Å². The SMILES string of the molecule is O=C(CCC1CCCC1)c1c[nH]c2ccccc12. The topological polar surface area (TPSA) is 32.9 Å². The highest BCUT2D eigenvalue weighted by molar-refractivity contribution is 6.07. The van der Waals surface area contributed by atoms with E-state index < -0.39 is 0 Å². The molecule has 2 nitrogen and oxygen atoms in total. The molecule has 2 aromatic rings. The van der Waals surface area contributed by atoms with Crippen molar-refractivity contribution in [2.75, 3.05) is 0 Å². The van der Waals surface area contributed by atoms with Crippen molar-refractivity contribution in [2.24, 2.45) is 5.92 Å². The van der Waals surface area contributed by atoms with Crippen molar-refractivity contribution < 1.29 is 4.79 Å². The molecule has 1 aliphatic carbocycles. The van der Waals surface area contributed by atoms with Gasteiger partial charge in [-0.05, 0) is 18.4 Å². The number of benzene rings is 1. The zero-order valence-electron chi connectivity index (χ0n) is 10.6. The van der Waals surface area contributed by atoms with Crippen LogP contribution in [-0.2, 0) is 0 Å². The third-order valence-electron chi connectivity index (χ3n) is 4.14. The number of carbonyl (C=O) groups excluding carboxylic acids is 1. The van der Waals surface area contributed by atoms with Gasteiger partial charge in [0.15, 0.2) is 5.78 Å². The molecular formula is C16H19NO. The molecule has 94 valence electrons. The number of Topliss-reactive ketones (excluding diaryl/α,β-unsaturated/α-hetero) is 1. The van der Waals surface area contributed by atoms with E-state index in [1.807, 2.05) is 30.5 Å². The van der Waals surface area contributed by atoms with Gasteiger partial charge >= 0.3 is 0 Å². The number of ketones is 1. The van der Waals surface area contributed by atoms with Gasteiger partial charge in [-0.2, -0.15) is 0 Å². The normalized spacial score (nSPS) is 16.4. The number of aromatic amines is 1. The molecule has 1 aliphatic rings. The van der Waals surface area contributed by atoms with Gasteiger partial charge in [-0.3, -0.25) is 4.79 Å². The molecule has 1 N–H and O–H groups in total. The molecule has 1 aromatic carbocycles. The van der Waals surface area contributed by atoms with Gasteiger partial charge in [0.05, 0.1) is 0 Å². The van der Waals surface area contributed by atoms with Gasteiger partial charge in [0, 0.05) is 29.1 Å². The van der Waals surface area contributed by atoms with Crippen molar-refractivity contribution in [2.45, 2.75) is 38.5 Å². The molecule has 1 saturated carbocycles. The Labute approximate surface area is 107 Å². The Kier molecular flexibility index (Phi) is 3.18. The minimum Gasteiger partial charge on any atom is -0.360 e. The third kappa shape index (κ3) is 2.20. The first-order chi connectivity index (χ1) is 8.84. The van der Waals surface area contributed by atoms with E-state index in [9.17, 15) is 4.79 Å². The fraction of sp³-hybridized carbons (Fsp3) is 0.438. The lowest BCUT2D eigenvalue weighted by Gasteiger charge is -2.07. The Hall–Kier alpha value is -1.57. The summed E-state index contributed by atoms with van der Waals surface area (Å²) < 4.78 is 0. The maximum atomic E-state index is 12.3. The highest BCUT2D eigenvalue weighted by atomic mass is 16.1. The monoisotopic (exact) mass is 241 g/mol. The van der Waals surface area contributed by atoms with E-state index in [0.29, 0.717) is 12.2 Å². The molecule has 1 heterocycles. The van der Waals surface area contributed by atoms with Gasteiger partial charge in [-0.25, -0.2) is 0 Å². The van der Waals surface area contributed by atoms with Crippen LogP contribution in [0.25, 0.3) is 10.9 Å². The highest BCUT2D eigenvalue weighted by Gasteiger charge is 2.18. The largest absolute Gasteiger partial charge is 0.360 e. The van der Waals surface area contributed by atoms with Gasteiger partial charge in [0.1, 0.15) is 0 Å². The molecule has 3 rings (SSSR count). The highest BCUT2D eigenvalue weighted by Crippen LogP contribution is 2.29. The molecule has 0 amide bonds. The van der Waals surface area contributed by atoms with Crippen molar-refractivity contribution in [1.29, 1.82) is 0 Å². The van der Waals surface area contributed by atoms with Crippen LogP contribution in [-0.4, -0.2) is 10.8 Å². The number of aromatic nitrogens is 1. The molecule has 2 heteroatoms. The summed E-state index contributed by atoms with van der Waals surface area (Å²) in [5, 5.41) is 1.06. The number of fused-ring (bicyclic) bond motifs is 1. The number of hydrogen-bond donors (Lipinski definition) is 1. The number of para-hydroxylation sites is 1. The van der Waals surface area contributed by atoms with Crippen molar-refractivity contribution >= 4 is 16.7 Å². The lowest BCUT2D eigenvalue weighted by Crippen LogP contribution is -2.02. The van der Waals surface area contributed by atoms with Crippen LogP contribution in [0.15, 0.2) is 30.5 Å². The second-order valence-corrected chi connectivity index (χ2v) is 5.36. The Morgan fingerprint density at radius 2 is 2.00 bits per heavy atom. The van der Waals surface area contributed by atoms with Crippen LogP contribution in [0.1, 0.15) is 48.9 Å². The summed E-state index contributed by atoms with van der Waals surface area (Å²) in [6.45, 7) is 0. The van der Waals surface area contributed by atoms with E-state index in [1.165, 1.54) is 25.7 Å².